The number of amides is 3. The molecule has 2 fully saturated rings. The molecule has 2 saturated heterocycles. The van der Waals surface area contributed by atoms with Crippen LogP contribution in [0.5, 0.6) is 5.75 Å². The first-order valence-electron chi connectivity index (χ1n) is 13.1. The van der Waals surface area contributed by atoms with Crippen LogP contribution in [0.25, 0.3) is 11.1 Å². The first-order valence-corrected chi connectivity index (χ1v) is 13.1. The van der Waals surface area contributed by atoms with Crippen molar-refractivity contribution in [3.05, 3.63) is 54.1 Å². The van der Waals surface area contributed by atoms with Crippen LogP contribution in [-0.2, 0) is 11.3 Å². The Morgan fingerprint density at radius 2 is 2.00 bits per heavy atom. The first-order chi connectivity index (χ1) is 18.7. The van der Waals surface area contributed by atoms with Crippen LogP contribution in [0.15, 0.2) is 42.9 Å². The lowest BCUT2D eigenvalue weighted by Gasteiger charge is -2.45. The molecule has 0 bridgehead atoms. The molecule has 206 valence electrons. The maximum atomic E-state index is 14.0. The van der Waals surface area contributed by atoms with Gasteiger partial charge >= 0.3 is 6.03 Å². The minimum atomic E-state index is -0.843. The molecule has 0 atom stereocenters. The Kier molecular flexibility index (Phi) is 7.02. The van der Waals surface area contributed by atoms with Crippen molar-refractivity contribution in [1.82, 2.24) is 30.0 Å². The molecule has 39 heavy (non-hydrogen) atoms. The number of benzene rings is 1. The number of methoxy groups -OCH3 is 1. The minimum Gasteiger partial charge on any atom is -0.497 e. The van der Waals surface area contributed by atoms with Gasteiger partial charge in [0.05, 0.1) is 43.1 Å². The smallest absolute Gasteiger partial charge is 0.327 e. The van der Waals surface area contributed by atoms with E-state index < -0.39 is 11.0 Å². The van der Waals surface area contributed by atoms with Crippen LogP contribution in [0.3, 0.4) is 0 Å². The Hall–Kier alpha value is -3.99. The van der Waals surface area contributed by atoms with E-state index in [0.29, 0.717) is 45.0 Å². The number of likely N-dealkylation sites (tertiary alicyclic amines) is 1. The monoisotopic (exact) mass is 533 g/mol. The van der Waals surface area contributed by atoms with Gasteiger partial charge in [0.25, 0.3) is 0 Å². The number of aliphatic hydroxyl groups is 1. The number of carbonyl (C=O) groups excluding carboxylic acids is 2. The van der Waals surface area contributed by atoms with Crippen molar-refractivity contribution in [3.8, 4) is 16.9 Å². The van der Waals surface area contributed by atoms with Crippen molar-refractivity contribution in [1.29, 1.82) is 0 Å². The summed E-state index contributed by atoms with van der Waals surface area (Å²) >= 11 is 0. The van der Waals surface area contributed by atoms with Crippen LogP contribution < -0.4 is 9.64 Å². The maximum Gasteiger partial charge on any atom is 0.327 e. The van der Waals surface area contributed by atoms with E-state index in [1.165, 1.54) is 0 Å². The topological polar surface area (TPSA) is 128 Å². The summed E-state index contributed by atoms with van der Waals surface area (Å²) in [5, 5.41) is 16.5. The molecule has 11 heteroatoms. The van der Waals surface area contributed by atoms with Crippen LogP contribution in [0.1, 0.15) is 37.9 Å². The number of aryl methyl sites for hydroxylation is 1. The van der Waals surface area contributed by atoms with Crippen molar-refractivity contribution >= 4 is 17.9 Å². The number of ether oxygens (including phenoxy) is 1. The van der Waals surface area contributed by atoms with Crippen LogP contribution in [-0.4, -0.2) is 85.9 Å². The summed E-state index contributed by atoms with van der Waals surface area (Å²) in [7, 11) is 1.62. The molecule has 1 aromatic carbocycles. The fraction of sp³-hybridized carbons (Fsp3) is 0.464. The number of hydrogen-bond donors (Lipinski definition) is 2. The highest BCUT2D eigenvalue weighted by Crippen LogP contribution is 2.40. The lowest BCUT2D eigenvalue weighted by atomic mass is 9.84. The minimum absolute atomic E-state index is 0.0748. The summed E-state index contributed by atoms with van der Waals surface area (Å²) in [6, 6.07) is 7.55. The molecule has 2 aliphatic heterocycles. The van der Waals surface area contributed by atoms with E-state index in [4.69, 9.17) is 9.72 Å². The van der Waals surface area contributed by atoms with Gasteiger partial charge in [-0.15, -0.1) is 0 Å². The summed E-state index contributed by atoms with van der Waals surface area (Å²) < 4.78 is 5.41. The van der Waals surface area contributed by atoms with Gasteiger partial charge in [0.15, 0.2) is 0 Å². The number of rotatable bonds is 7. The highest BCUT2D eigenvalue weighted by Gasteiger charge is 2.53. The van der Waals surface area contributed by atoms with Gasteiger partial charge in [0.2, 0.25) is 11.9 Å². The number of nitrogens with one attached hydrogen (secondary N) is 1. The normalized spacial score (nSPS) is 17.3. The van der Waals surface area contributed by atoms with E-state index in [2.05, 4.69) is 15.2 Å². The molecule has 0 saturated carbocycles. The van der Waals surface area contributed by atoms with Gasteiger partial charge in [0, 0.05) is 43.2 Å². The van der Waals surface area contributed by atoms with Crippen LogP contribution in [0, 0.1) is 12.3 Å². The Bertz CT molecular complexity index is 1350. The van der Waals surface area contributed by atoms with Gasteiger partial charge in [-0.2, -0.15) is 5.10 Å². The van der Waals surface area contributed by atoms with Gasteiger partial charge in [-0.05, 0) is 51.3 Å². The number of nitrogens with zero attached hydrogens (tertiary/aromatic N) is 6. The zero-order valence-corrected chi connectivity index (χ0v) is 22.8. The van der Waals surface area contributed by atoms with Crippen molar-refractivity contribution in [2.45, 2.75) is 45.7 Å². The Morgan fingerprint density at radius 3 is 2.64 bits per heavy atom. The van der Waals surface area contributed by atoms with E-state index in [0.717, 1.165) is 28.1 Å². The van der Waals surface area contributed by atoms with E-state index in [1.54, 1.807) is 49.3 Å². The zero-order valence-electron chi connectivity index (χ0n) is 22.8. The van der Waals surface area contributed by atoms with Gasteiger partial charge in [-0.25, -0.2) is 14.8 Å². The third-order valence-electron chi connectivity index (χ3n) is 7.93. The lowest BCUT2D eigenvalue weighted by Crippen LogP contribution is -2.56. The third kappa shape index (κ3) is 4.94. The fourth-order valence-electron chi connectivity index (χ4n) is 5.46. The van der Waals surface area contributed by atoms with E-state index in [9.17, 15) is 14.7 Å². The zero-order chi connectivity index (χ0) is 27.8. The maximum absolute atomic E-state index is 14.0. The molecule has 2 aromatic heterocycles. The number of aromatic nitrogens is 4. The summed E-state index contributed by atoms with van der Waals surface area (Å²) in [4.78, 5) is 41.7. The number of anilines is 1. The highest BCUT2D eigenvalue weighted by atomic mass is 16.5. The molecule has 1 spiro atoms. The standard InChI is InChI=1S/C28H35N7O4/c1-19-23(21-13-30-31-14-21)15-29-25(32-19)34-17-28(8-10-33(11-9-28)24(37)27(2,3)18-36)35(26(34)38)16-20-6-5-7-22(12-20)39-4/h5-7,12-15,36H,8-11,16-18H2,1-4H3,(H,30,31). The second-order valence-electron chi connectivity index (χ2n) is 11.0. The average Bonchev–Trinajstić information content (AvgIpc) is 3.57. The van der Waals surface area contributed by atoms with Gasteiger partial charge < -0.3 is 19.6 Å². The number of H-pyrrole nitrogens is 1. The first kappa shape index (κ1) is 26.6. The van der Waals surface area contributed by atoms with Crippen LogP contribution >= 0.6 is 0 Å². The van der Waals surface area contributed by atoms with Crippen molar-refractivity contribution < 1.29 is 19.4 Å². The lowest BCUT2D eigenvalue weighted by molar-refractivity contribution is -0.144. The Balaban J connectivity index is 1.44. The quantitative estimate of drug-likeness (QED) is 0.478. The average molecular weight is 534 g/mol. The molecule has 0 unspecified atom stereocenters. The number of carbonyl (C=O) groups is 2. The molecule has 3 amide bonds. The number of urea groups is 1. The van der Waals surface area contributed by atoms with E-state index in [-0.39, 0.29) is 18.5 Å². The van der Waals surface area contributed by atoms with Crippen LogP contribution in [0.2, 0.25) is 0 Å². The van der Waals surface area contributed by atoms with E-state index in [1.807, 2.05) is 36.1 Å². The van der Waals surface area contributed by atoms with Crippen molar-refractivity contribution in [3.63, 3.8) is 0 Å². The van der Waals surface area contributed by atoms with Gasteiger partial charge in [0.1, 0.15) is 5.75 Å². The molecule has 0 aliphatic carbocycles. The number of hydrogen-bond acceptors (Lipinski definition) is 7. The molecule has 2 aliphatic rings. The molecule has 0 radical (unpaired) electrons. The highest BCUT2D eigenvalue weighted by molar-refractivity contribution is 5.94. The number of aromatic amines is 1. The predicted octanol–water partition coefficient (Wildman–Crippen LogP) is 3.01. The predicted molar refractivity (Wildman–Crippen MR) is 145 cm³/mol. The van der Waals surface area contributed by atoms with E-state index >= 15 is 0 Å². The number of aliphatic hydroxyl groups excluding tert-OH is 1. The molecule has 3 aromatic rings. The second kappa shape index (κ2) is 10.3. The fourth-order valence-corrected chi connectivity index (χ4v) is 5.46. The Labute approximate surface area is 227 Å². The molecule has 11 nitrogen and oxygen atoms in total. The van der Waals surface area contributed by atoms with Gasteiger partial charge in [-0.3, -0.25) is 14.8 Å². The summed E-state index contributed by atoms with van der Waals surface area (Å²) in [6.45, 7) is 7.00. The SMILES string of the molecule is COc1cccc(CN2C(=O)N(c3ncc(-c4cn[nH]c4)c(C)n3)CC23CCN(C(=O)C(C)(C)CO)CC3)c1. The summed E-state index contributed by atoms with van der Waals surface area (Å²) in [5.41, 5.74) is 2.09. The van der Waals surface area contributed by atoms with Crippen molar-refractivity contribution in [2.75, 3.05) is 38.3 Å². The molecule has 4 heterocycles. The molecular weight excluding hydrogens is 498 g/mol. The largest absolute Gasteiger partial charge is 0.497 e. The third-order valence-corrected chi connectivity index (χ3v) is 7.93. The van der Waals surface area contributed by atoms with Crippen LogP contribution in [0.4, 0.5) is 10.7 Å². The number of piperidine rings is 1. The molecular formula is C28H35N7O4. The molecule has 2 N–H and O–H groups in total. The summed E-state index contributed by atoms with van der Waals surface area (Å²) in [5.74, 6) is 1.01. The second-order valence-corrected chi connectivity index (χ2v) is 11.0. The summed E-state index contributed by atoms with van der Waals surface area (Å²) in [6.07, 6.45) is 6.44. The molecule has 5 rings (SSSR count). The van der Waals surface area contributed by atoms with Crippen molar-refractivity contribution in [2.24, 2.45) is 5.41 Å². The van der Waals surface area contributed by atoms with Gasteiger partial charge in [-0.1, -0.05) is 12.1 Å². The Morgan fingerprint density at radius 1 is 1.23 bits per heavy atom.